The molecule has 0 aliphatic carbocycles. The summed E-state index contributed by atoms with van der Waals surface area (Å²) >= 11 is 0. The Kier molecular flexibility index (Phi) is 5.44. The van der Waals surface area contributed by atoms with Gasteiger partial charge in [-0.3, -0.25) is 9.59 Å². The topological polar surface area (TPSA) is 67.4 Å². The molecule has 0 saturated heterocycles. The third kappa shape index (κ3) is 5.16. The normalized spacial score (nSPS) is 10.1. The molecule has 96 valence electrons. The first-order chi connectivity index (χ1) is 8.61. The van der Waals surface area contributed by atoms with Crippen LogP contribution in [-0.2, 0) is 14.3 Å². The molecule has 5 nitrogen and oxygen atoms in total. The van der Waals surface area contributed by atoms with Crippen molar-refractivity contribution < 1.29 is 14.3 Å². The van der Waals surface area contributed by atoms with E-state index in [0.29, 0.717) is 18.0 Å². The van der Waals surface area contributed by atoms with Crippen molar-refractivity contribution in [2.24, 2.45) is 0 Å². The summed E-state index contributed by atoms with van der Waals surface area (Å²) in [6.07, 6.45) is 2.66. The highest BCUT2D eigenvalue weighted by molar-refractivity contribution is 5.99. The highest BCUT2D eigenvalue weighted by Crippen LogP contribution is 2.13. The molecule has 0 fully saturated rings. The van der Waals surface area contributed by atoms with Gasteiger partial charge in [-0.1, -0.05) is 0 Å². The largest absolute Gasteiger partial charge is 0.501 e. The summed E-state index contributed by atoms with van der Waals surface area (Å²) in [4.78, 5) is 22.2. The van der Waals surface area contributed by atoms with Crippen LogP contribution in [0.5, 0.6) is 0 Å². The minimum atomic E-state index is -0.268. The number of carbonyl (C=O) groups is 2. The Morgan fingerprint density at radius 3 is 2.22 bits per heavy atom. The number of anilines is 2. The van der Waals surface area contributed by atoms with E-state index in [-0.39, 0.29) is 11.8 Å². The summed E-state index contributed by atoms with van der Waals surface area (Å²) < 4.78 is 4.92. The van der Waals surface area contributed by atoms with Crippen LogP contribution in [0.2, 0.25) is 0 Å². The number of hydrogen-bond donors (Lipinski definition) is 2. The maximum Gasteiger partial charge on any atom is 0.251 e. The van der Waals surface area contributed by atoms with Gasteiger partial charge < -0.3 is 15.4 Å². The van der Waals surface area contributed by atoms with Crippen molar-refractivity contribution in [2.75, 3.05) is 17.2 Å². The van der Waals surface area contributed by atoms with Crippen LogP contribution < -0.4 is 10.6 Å². The van der Waals surface area contributed by atoms with E-state index < -0.39 is 0 Å². The van der Waals surface area contributed by atoms with Gasteiger partial charge in [0.15, 0.2) is 0 Å². The Balaban J connectivity index is 2.53. The second kappa shape index (κ2) is 7.11. The molecule has 2 amide bonds. The number of carbonyl (C=O) groups excluding carboxylic acids is 2. The summed E-state index contributed by atoms with van der Waals surface area (Å²) in [7, 11) is 0. The zero-order chi connectivity index (χ0) is 13.4. The van der Waals surface area contributed by atoms with Gasteiger partial charge in [-0.25, -0.2) is 0 Å². The highest BCUT2D eigenvalue weighted by atomic mass is 16.5. The summed E-state index contributed by atoms with van der Waals surface area (Å²) in [5, 5.41) is 5.30. The van der Waals surface area contributed by atoms with Crippen molar-refractivity contribution in [1.29, 1.82) is 0 Å². The van der Waals surface area contributed by atoms with Crippen LogP contribution in [0.25, 0.3) is 0 Å². The number of amides is 2. The van der Waals surface area contributed by atoms with E-state index in [1.165, 1.54) is 19.3 Å². The molecular formula is C13H16N2O3. The number of nitrogens with one attached hydrogen (secondary N) is 2. The van der Waals surface area contributed by atoms with Gasteiger partial charge in [0.05, 0.1) is 12.9 Å². The Hall–Kier alpha value is -2.30. The Morgan fingerprint density at radius 2 is 1.72 bits per heavy atom. The van der Waals surface area contributed by atoms with Gasteiger partial charge in [0.25, 0.3) is 5.91 Å². The maximum absolute atomic E-state index is 11.4. The molecule has 1 aromatic rings. The highest BCUT2D eigenvalue weighted by Gasteiger charge is 1.99. The lowest BCUT2D eigenvalue weighted by atomic mass is 10.2. The molecule has 0 radical (unpaired) electrons. The molecule has 0 heterocycles. The quantitative estimate of drug-likeness (QED) is 0.619. The minimum Gasteiger partial charge on any atom is -0.501 e. The van der Waals surface area contributed by atoms with Gasteiger partial charge in [-0.05, 0) is 31.2 Å². The van der Waals surface area contributed by atoms with E-state index >= 15 is 0 Å². The molecule has 0 saturated carbocycles. The fraction of sp³-hybridized carbons (Fsp3) is 0.231. The Labute approximate surface area is 106 Å². The van der Waals surface area contributed by atoms with Crippen LogP contribution in [0.4, 0.5) is 11.4 Å². The molecule has 2 N–H and O–H groups in total. The molecule has 1 rings (SSSR count). The van der Waals surface area contributed by atoms with Gasteiger partial charge in [-0.15, -0.1) is 0 Å². The van der Waals surface area contributed by atoms with Crippen molar-refractivity contribution >= 4 is 23.2 Å². The van der Waals surface area contributed by atoms with Gasteiger partial charge in [0.1, 0.15) is 0 Å². The summed E-state index contributed by atoms with van der Waals surface area (Å²) in [5.74, 6) is -0.401. The first-order valence-corrected chi connectivity index (χ1v) is 5.58. The third-order valence-corrected chi connectivity index (χ3v) is 1.96. The smallest absolute Gasteiger partial charge is 0.251 e. The molecule has 0 atom stereocenters. The fourth-order valence-corrected chi connectivity index (χ4v) is 1.23. The monoisotopic (exact) mass is 248 g/mol. The predicted octanol–water partition coefficient (Wildman–Crippen LogP) is 2.13. The molecule has 5 heteroatoms. The van der Waals surface area contributed by atoms with Crippen molar-refractivity contribution in [3.8, 4) is 0 Å². The number of rotatable bonds is 5. The molecule has 0 aliphatic heterocycles. The summed E-state index contributed by atoms with van der Waals surface area (Å²) in [5.41, 5.74) is 1.33. The lowest BCUT2D eigenvalue weighted by molar-refractivity contribution is -0.114. The van der Waals surface area contributed by atoms with Crippen LogP contribution in [0.15, 0.2) is 36.6 Å². The lowest BCUT2D eigenvalue weighted by Gasteiger charge is -2.05. The average molecular weight is 248 g/mol. The fourth-order valence-electron chi connectivity index (χ4n) is 1.23. The van der Waals surface area contributed by atoms with Gasteiger partial charge in [0, 0.05) is 24.4 Å². The van der Waals surface area contributed by atoms with E-state index in [1.807, 2.05) is 6.92 Å². The first kappa shape index (κ1) is 13.8. The number of hydrogen-bond acceptors (Lipinski definition) is 3. The van der Waals surface area contributed by atoms with E-state index in [1.54, 1.807) is 24.3 Å². The third-order valence-electron chi connectivity index (χ3n) is 1.96. The van der Waals surface area contributed by atoms with E-state index in [0.717, 1.165) is 0 Å². The molecule has 18 heavy (non-hydrogen) atoms. The number of ether oxygens (including phenoxy) is 1. The van der Waals surface area contributed by atoms with Crippen LogP contribution in [0.3, 0.4) is 0 Å². The second-order valence-corrected chi connectivity index (χ2v) is 3.51. The Bertz CT molecular complexity index is 438. The van der Waals surface area contributed by atoms with Crippen LogP contribution in [-0.4, -0.2) is 18.4 Å². The van der Waals surface area contributed by atoms with Crippen LogP contribution in [0.1, 0.15) is 13.8 Å². The van der Waals surface area contributed by atoms with Crippen molar-refractivity contribution in [3.05, 3.63) is 36.6 Å². The van der Waals surface area contributed by atoms with Crippen LogP contribution >= 0.6 is 0 Å². The molecule has 0 aromatic heterocycles. The molecule has 1 aromatic carbocycles. The van der Waals surface area contributed by atoms with E-state index in [9.17, 15) is 9.59 Å². The summed E-state index contributed by atoms with van der Waals surface area (Å²) in [6.45, 7) is 3.80. The molecule has 0 unspecified atom stereocenters. The zero-order valence-electron chi connectivity index (χ0n) is 10.4. The standard InChI is InChI=1S/C13H16N2O3/c1-3-18-9-8-13(17)15-12-6-4-11(5-7-12)14-10(2)16/h4-9H,3H2,1-2H3,(H,14,16)(H,15,17)/b9-8+. The zero-order valence-corrected chi connectivity index (χ0v) is 10.4. The van der Waals surface area contributed by atoms with Gasteiger partial charge in [0.2, 0.25) is 5.91 Å². The van der Waals surface area contributed by atoms with E-state index in [4.69, 9.17) is 4.74 Å². The molecule has 0 bridgehead atoms. The Morgan fingerprint density at radius 1 is 1.17 bits per heavy atom. The average Bonchev–Trinajstić information content (AvgIpc) is 2.31. The lowest BCUT2D eigenvalue weighted by Crippen LogP contribution is -2.09. The van der Waals surface area contributed by atoms with Crippen LogP contribution in [0, 0.1) is 0 Å². The SMILES string of the molecule is CCO/C=C/C(=O)Nc1ccc(NC(C)=O)cc1. The minimum absolute atomic E-state index is 0.133. The van der Waals surface area contributed by atoms with Gasteiger partial charge >= 0.3 is 0 Å². The molecule has 0 spiro atoms. The van der Waals surface area contributed by atoms with Gasteiger partial charge in [-0.2, -0.15) is 0 Å². The molecular weight excluding hydrogens is 232 g/mol. The first-order valence-electron chi connectivity index (χ1n) is 5.58. The second-order valence-electron chi connectivity index (χ2n) is 3.51. The maximum atomic E-state index is 11.4. The van der Waals surface area contributed by atoms with Crippen molar-refractivity contribution in [2.45, 2.75) is 13.8 Å². The van der Waals surface area contributed by atoms with E-state index in [2.05, 4.69) is 10.6 Å². The number of benzene rings is 1. The molecule has 0 aliphatic rings. The van der Waals surface area contributed by atoms with Crippen molar-refractivity contribution in [1.82, 2.24) is 0 Å². The predicted molar refractivity (Wildman–Crippen MR) is 70.1 cm³/mol. The summed E-state index contributed by atoms with van der Waals surface area (Å²) in [6, 6.07) is 6.84. The van der Waals surface area contributed by atoms with Crippen molar-refractivity contribution in [3.63, 3.8) is 0 Å².